The Morgan fingerprint density at radius 1 is 1.24 bits per heavy atom. The number of nitrogens with one attached hydrogen (secondary N) is 1. The van der Waals surface area contributed by atoms with Crippen LogP contribution in [0.1, 0.15) is 51.0 Å². The summed E-state index contributed by atoms with van der Waals surface area (Å²) in [5, 5.41) is 3.60. The summed E-state index contributed by atoms with van der Waals surface area (Å²) in [5.41, 5.74) is 0.897. The van der Waals surface area contributed by atoms with E-state index in [1.165, 1.54) is 19.4 Å². The SMILES string of the molecule is CC(C)N(C)CCCCNC1CC(c2ccccc2F)C1. The van der Waals surface area contributed by atoms with Crippen molar-refractivity contribution in [3.05, 3.63) is 35.6 Å². The van der Waals surface area contributed by atoms with Crippen LogP contribution >= 0.6 is 0 Å². The highest BCUT2D eigenvalue weighted by Crippen LogP contribution is 2.37. The van der Waals surface area contributed by atoms with Gasteiger partial charge in [-0.15, -0.1) is 0 Å². The van der Waals surface area contributed by atoms with Crippen LogP contribution in [0.5, 0.6) is 0 Å². The van der Waals surface area contributed by atoms with E-state index in [0.717, 1.165) is 24.9 Å². The molecule has 118 valence electrons. The number of nitrogens with zero attached hydrogens (tertiary/aromatic N) is 1. The number of hydrogen-bond acceptors (Lipinski definition) is 2. The van der Waals surface area contributed by atoms with E-state index in [-0.39, 0.29) is 5.82 Å². The van der Waals surface area contributed by atoms with Gasteiger partial charge in [-0.25, -0.2) is 4.39 Å². The van der Waals surface area contributed by atoms with E-state index in [1.807, 2.05) is 12.1 Å². The summed E-state index contributed by atoms with van der Waals surface area (Å²) in [7, 11) is 2.18. The molecule has 1 saturated carbocycles. The maximum Gasteiger partial charge on any atom is 0.126 e. The molecule has 0 heterocycles. The maximum atomic E-state index is 13.7. The summed E-state index contributed by atoms with van der Waals surface area (Å²) < 4.78 is 13.7. The molecule has 1 aromatic rings. The fourth-order valence-corrected chi connectivity index (χ4v) is 2.90. The molecule has 0 bridgehead atoms. The minimum Gasteiger partial charge on any atom is -0.314 e. The normalized spacial score (nSPS) is 21.8. The molecule has 1 N–H and O–H groups in total. The standard InChI is InChI=1S/C18H29FN2/c1-14(2)21(3)11-7-6-10-20-16-12-15(13-16)17-8-4-5-9-18(17)19/h4-5,8-9,14-16,20H,6-7,10-13H2,1-3H3. The van der Waals surface area contributed by atoms with Crippen molar-refractivity contribution in [3.8, 4) is 0 Å². The van der Waals surface area contributed by atoms with Crippen LogP contribution in [-0.2, 0) is 0 Å². The molecule has 2 nitrogen and oxygen atoms in total. The Bertz CT molecular complexity index is 427. The van der Waals surface area contributed by atoms with Crippen molar-refractivity contribution in [3.63, 3.8) is 0 Å². The summed E-state index contributed by atoms with van der Waals surface area (Å²) in [6.45, 7) is 6.72. The lowest BCUT2D eigenvalue weighted by Crippen LogP contribution is -2.40. The lowest BCUT2D eigenvalue weighted by Gasteiger charge is -2.36. The third kappa shape index (κ3) is 4.79. The van der Waals surface area contributed by atoms with Gasteiger partial charge in [-0.1, -0.05) is 18.2 Å². The van der Waals surface area contributed by atoms with Crippen molar-refractivity contribution < 1.29 is 4.39 Å². The summed E-state index contributed by atoms with van der Waals surface area (Å²) in [6, 6.07) is 8.41. The first kappa shape index (κ1) is 16.4. The molecular weight excluding hydrogens is 263 g/mol. The number of rotatable bonds is 8. The molecule has 1 aliphatic carbocycles. The van der Waals surface area contributed by atoms with E-state index in [9.17, 15) is 4.39 Å². The van der Waals surface area contributed by atoms with E-state index in [0.29, 0.717) is 18.0 Å². The molecule has 1 aliphatic rings. The minimum atomic E-state index is -0.0438. The van der Waals surface area contributed by atoms with Gasteiger partial charge in [-0.3, -0.25) is 0 Å². The molecule has 21 heavy (non-hydrogen) atoms. The monoisotopic (exact) mass is 292 g/mol. The molecule has 0 spiro atoms. The predicted molar refractivity (Wildman–Crippen MR) is 87.2 cm³/mol. The zero-order valence-corrected chi connectivity index (χ0v) is 13.6. The van der Waals surface area contributed by atoms with Crippen LogP contribution < -0.4 is 5.32 Å². The lowest BCUT2D eigenvalue weighted by atomic mass is 9.75. The summed E-state index contributed by atoms with van der Waals surface area (Å²) >= 11 is 0. The third-order valence-corrected chi connectivity index (χ3v) is 4.74. The lowest BCUT2D eigenvalue weighted by molar-refractivity contribution is 0.259. The molecule has 0 amide bonds. The summed E-state index contributed by atoms with van der Waals surface area (Å²) in [5.74, 6) is 0.369. The van der Waals surface area contributed by atoms with Gasteiger partial charge in [0.15, 0.2) is 0 Å². The van der Waals surface area contributed by atoms with Gasteiger partial charge in [0, 0.05) is 12.1 Å². The van der Waals surface area contributed by atoms with Gasteiger partial charge >= 0.3 is 0 Å². The average molecular weight is 292 g/mol. The van der Waals surface area contributed by atoms with E-state index in [4.69, 9.17) is 0 Å². The predicted octanol–water partition coefficient (Wildman–Crippen LogP) is 3.78. The molecule has 0 unspecified atom stereocenters. The molecule has 0 radical (unpaired) electrons. The topological polar surface area (TPSA) is 15.3 Å². The molecule has 1 aromatic carbocycles. The second kappa shape index (κ2) is 7.90. The quantitative estimate of drug-likeness (QED) is 0.734. The molecular formula is C18H29FN2. The van der Waals surface area contributed by atoms with Gasteiger partial charge in [0.05, 0.1) is 0 Å². The van der Waals surface area contributed by atoms with Crippen LogP contribution in [0.2, 0.25) is 0 Å². The van der Waals surface area contributed by atoms with Gasteiger partial charge in [-0.05, 0) is 77.2 Å². The van der Waals surface area contributed by atoms with Crippen LogP contribution in [0, 0.1) is 5.82 Å². The molecule has 2 rings (SSSR count). The molecule has 1 fully saturated rings. The van der Waals surface area contributed by atoms with Gasteiger partial charge in [-0.2, -0.15) is 0 Å². The number of benzene rings is 1. The molecule has 0 aromatic heterocycles. The van der Waals surface area contributed by atoms with Crippen molar-refractivity contribution >= 4 is 0 Å². The van der Waals surface area contributed by atoms with Crippen LogP contribution in [0.3, 0.4) is 0 Å². The minimum absolute atomic E-state index is 0.0438. The first-order chi connectivity index (χ1) is 10.1. The van der Waals surface area contributed by atoms with Crippen molar-refractivity contribution in [2.24, 2.45) is 0 Å². The Balaban J connectivity index is 1.56. The first-order valence-electron chi connectivity index (χ1n) is 8.26. The highest BCUT2D eigenvalue weighted by Gasteiger charge is 2.31. The van der Waals surface area contributed by atoms with Crippen molar-refractivity contribution in [1.29, 1.82) is 0 Å². The van der Waals surface area contributed by atoms with Gasteiger partial charge < -0.3 is 10.2 Å². The van der Waals surface area contributed by atoms with E-state index in [2.05, 4.69) is 31.1 Å². The second-order valence-corrected chi connectivity index (χ2v) is 6.62. The van der Waals surface area contributed by atoms with Crippen molar-refractivity contribution in [2.45, 2.75) is 57.5 Å². The van der Waals surface area contributed by atoms with Crippen LogP contribution in [0.25, 0.3) is 0 Å². The van der Waals surface area contributed by atoms with Gasteiger partial charge in [0.1, 0.15) is 5.82 Å². The zero-order valence-electron chi connectivity index (χ0n) is 13.6. The van der Waals surface area contributed by atoms with E-state index < -0.39 is 0 Å². The number of halogens is 1. The highest BCUT2D eigenvalue weighted by atomic mass is 19.1. The van der Waals surface area contributed by atoms with E-state index in [1.54, 1.807) is 12.1 Å². The van der Waals surface area contributed by atoms with Crippen LogP contribution in [0.4, 0.5) is 4.39 Å². The largest absolute Gasteiger partial charge is 0.314 e. The first-order valence-corrected chi connectivity index (χ1v) is 8.26. The molecule has 0 aliphatic heterocycles. The Kier molecular flexibility index (Phi) is 6.19. The maximum absolute atomic E-state index is 13.7. The van der Waals surface area contributed by atoms with Crippen LogP contribution in [-0.4, -0.2) is 37.1 Å². The molecule has 3 heteroatoms. The average Bonchev–Trinajstić information content (AvgIpc) is 2.41. The molecule has 0 atom stereocenters. The smallest absolute Gasteiger partial charge is 0.126 e. The number of hydrogen-bond donors (Lipinski definition) is 1. The Labute approximate surface area is 128 Å². The van der Waals surface area contributed by atoms with Crippen molar-refractivity contribution in [2.75, 3.05) is 20.1 Å². The second-order valence-electron chi connectivity index (χ2n) is 6.62. The molecule has 0 saturated heterocycles. The zero-order chi connectivity index (χ0) is 15.2. The fourth-order valence-electron chi connectivity index (χ4n) is 2.90. The fraction of sp³-hybridized carbons (Fsp3) is 0.667. The number of unbranched alkanes of at least 4 members (excludes halogenated alkanes) is 1. The van der Waals surface area contributed by atoms with Gasteiger partial charge in [0.2, 0.25) is 0 Å². The van der Waals surface area contributed by atoms with Gasteiger partial charge in [0.25, 0.3) is 0 Å². The van der Waals surface area contributed by atoms with Crippen molar-refractivity contribution in [1.82, 2.24) is 10.2 Å². The Morgan fingerprint density at radius 2 is 1.95 bits per heavy atom. The Hall–Kier alpha value is -0.930. The highest BCUT2D eigenvalue weighted by molar-refractivity contribution is 5.24. The summed E-state index contributed by atoms with van der Waals surface area (Å²) in [6.07, 6.45) is 4.61. The Morgan fingerprint density at radius 3 is 2.62 bits per heavy atom. The summed E-state index contributed by atoms with van der Waals surface area (Å²) in [4.78, 5) is 2.39. The van der Waals surface area contributed by atoms with Crippen LogP contribution in [0.15, 0.2) is 24.3 Å². The third-order valence-electron chi connectivity index (χ3n) is 4.74. The van der Waals surface area contributed by atoms with E-state index >= 15 is 0 Å².